The highest BCUT2D eigenvalue weighted by Gasteiger charge is 2.18. The van der Waals surface area contributed by atoms with Gasteiger partial charge < -0.3 is 0 Å². The fourth-order valence-corrected chi connectivity index (χ4v) is 3.88. The summed E-state index contributed by atoms with van der Waals surface area (Å²) in [5.41, 5.74) is 3.44. The number of hydrogen-bond acceptors (Lipinski definition) is 3. The molecule has 0 aromatic heterocycles. The van der Waals surface area contributed by atoms with Gasteiger partial charge in [0.1, 0.15) is 0 Å². The molecular weight excluding hydrogens is 296 g/mol. The Morgan fingerprint density at radius 3 is 2.45 bits per heavy atom. The Balaban J connectivity index is 1.93. The SMILES string of the molecule is N#Cc1ccc(S(=O)(=O)Nc2cccc3c2CCCC3)cc1. The highest BCUT2D eigenvalue weighted by atomic mass is 32.2. The van der Waals surface area contributed by atoms with E-state index in [4.69, 9.17) is 5.26 Å². The van der Waals surface area contributed by atoms with Crippen molar-refractivity contribution in [1.82, 2.24) is 0 Å². The Bertz CT molecular complexity index is 834. The third-order valence-corrected chi connectivity index (χ3v) is 5.32. The van der Waals surface area contributed by atoms with Gasteiger partial charge in [0.15, 0.2) is 0 Å². The monoisotopic (exact) mass is 312 g/mol. The minimum absolute atomic E-state index is 0.167. The number of sulfonamides is 1. The van der Waals surface area contributed by atoms with Crippen LogP contribution in [0.5, 0.6) is 0 Å². The molecule has 0 aliphatic heterocycles. The summed E-state index contributed by atoms with van der Waals surface area (Å²) in [6.45, 7) is 0. The first kappa shape index (κ1) is 14.6. The molecule has 0 saturated carbocycles. The van der Waals surface area contributed by atoms with E-state index in [1.54, 1.807) is 0 Å². The highest BCUT2D eigenvalue weighted by Crippen LogP contribution is 2.29. The van der Waals surface area contributed by atoms with Crippen LogP contribution in [0.2, 0.25) is 0 Å². The summed E-state index contributed by atoms with van der Waals surface area (Å²) >= 11 is 0. The van der Waals surface area contributed by atoms with Crippen molar-refractivity contribution < 1.29 is 8.42 Å². The molecule has 3 rings (SSSR count). The maximum Gasteiger partial charge on any atom is 0.261 e. The van der Waals surface area contributed by atoms with E-state index in [1.807, 2.05) is 18.2 Å². The predicted molar refractivity (Wildman–Crippen MR) is 85.0 cm³/mol. The molecule has 1 aliphatic carbocycles. The molecule has 0 bridgehead atoms. The van der Waals surface area contributed by atoms with Crippen LogP contribution in [0.1, 0.15) is 29.5 Å². The molecule has 2 aromatic carbocycles. The molecule has 0 atom stereocenters. The Hall–Kier alpha value is -2.32. The van der Waals surface area contributed by atoms with Crippen molar-refractivity contribution >= 4 is 15.7 Å². The van der Waals surface area contributed by atoms with E-state index < -0.39 is 10.0 Å². The minimum atomic E-state index is -3.63. The minimum Gasteiger partial charge on any atom is -0.279 e. The maximum atomic E-state index is 12.5. The van der Waals surface area contributed by atoms with Gasteiger partial charge in [-0.3, -0.25) is 4.72 Å². The quantitative estimate of drug-likeness (QED) is 0.946. The van der Waals surface area contributed by atoms with E-state index in [1.165, 1.54) is 29.8 Å². The number of fused-ring (bicyclic) bond motifs is 1. The fourth-order valence-electron chi connectivity index (χ4n) is 2.79. The number of anilines is 1. The third-order valence-electron chi connectivity index (χ3n) is 3.93. The van der Waals surface area contributed by atoms with Crippen LogP contribution in [0.25, 0.3) is 0 Å². The number of benzene rings is 2. The van der Waals surface area contributed by atoms with Gasteiger partial charge in [-0.1, -0.05) is 12.1 Å². The Morgan fingerprint density at radius 1 is 1.00 bits per heavy atom. The second-order valence-electron chi connectivity index (χ2n) is 5.39. The molecule has 5 heteroatoms. The first-order valence-corrected chi connectivity index (χ1v) is 8.72. The van der Waals surface area contributed by atoms with Gasteiger partial charge in [-0.2, -0.15) is 5.26 Å². The topological polar surface area (TPSA) is 70.0 Å². The lowest BCUT2D eigenvalue weighted by molar-refractivity contribution is 0.601. The van der Waals surface area contributed by atoms with E-state index >= 15 is 0 Å². The summed E-state index contributed by atoms with van der Waals surface area (Å²) in [7, 11) is -3.63. The van der Waals surface area contributed by atoms with Crippen molar-refractivity contribution in [2.45, 2.75) is 30.6 Å². The molecule has 0 heterocycles. The van der Waals surface area contributed by atoms with Crippen molar-refractivity contribution in [1.29, 1.82) is 5.26 Å². The summed E-state index contributed by atoms with van der Waals surface area (Å²) < 4.78 is 27.7. The second-order valence-corrected chi connectivity index (χ2v) is 7.07. The number of rotatable bonds is 3. The summed E-state index contributed by atoms with van der Waals surface area (Å²) in [5, 5.41) is 8.78. The molecule has 0 radical (unpaired) electrons. The molecule has 1 N–H and O–H groups in total. The first-order chi connectivity index (χ1) is 10.6. The summed E-state index contributed by atoms with van der Waals surface area (Å²) in [4.78, 5) is 0.167. The lowest BCUT2D eigenvalue weighted by Crippen LogP contribution is -2.16. The molecular formula is C17H16N2O2S. The first-order valence-electron chi connectivity index (χ1n) is 7.24. The second kappa shape index (κ2) is 5.82. The molecule has 22 heavy (non-hydrogen) atoms. The van der Waals surface area contributed by atoms with Gasteiger partial charge in [0.05, 0.1) is 22.2 Å². The van der Waals surface area contributed by atoms with Crippen molar-refractivity contribution in [2.75, 3.05) is 4.72 Å². The summed E-state index contributed by atoms with van der Waals surface area (Å²) in [6.07, 6.45) is 4.14. The lowest BCUT2D eigenvalue weighted by Gasteiger charge is -2.20. The van der Waals surface area contributed by atoms with Gasteiger partial charge in [-0.15, -0.1) is 0 Å². The molecule has 4 nitrogen and oxygen atoms in total. The molecule has 2 aromatic rings. The maximum absolute atomic E-state index is 12.5. The zero-order valence-corrected chi connectivity index (χ0v) is 12.9. The standard InChI is InChI=1S/C17H16N2O2S/c18-12-13-8-10-15(11-9-13)22(20,21)19-17-7-3-5-14-4-1-2-6-16(14)17/h3,5,7-11,19H,1-2,4,6H2. The molecule has 0 saturated heterocycles. The lowest BCUT2D eigenvalue weighted by atomic mass is 9.91. The van der Waals surface area contributed by atoms with Gasteiger partial charge in [-0.25, -0.2) is 8.42 Å². The van der Waals surface area contributed by atoms with Crippen LogP contribution in [-0.2, 0) is 22.9 Å². The van der Waals surface area contributed by atoms with E-state index in [0.717, 1.165) is 31.2 Å². The Kier molecular flexibility index (Phi) is 3.86. The molecule has 0 spiro atoms. The van der Waals surface area contributed by atoms with Crippen LogP contribution in [-0.4, -0.2) is 8.42 Å². The van der Waals surface area contributed by atoms with Crippen LogP contribution in [0.4, 0.5) is 5.69 Å². The molecule has 112 valence electrons. The van der Waals surface area contributed by atoms with Crippen LogP contribution in [0.3, 0.4) is 0 Å². The Morgan fingerprint density at radius 2 is 1.73 bits per heavy atom. The van der Waals surface area contributed by atoms with Crippen LogP contribution < -0.4 is 4.72 Å². The van der Waals surface area contributed by atoms with Gasteiger partial charge >= 0.3 is 0 Å². The van der Waals surface area contributed by atoms with Crippen molar-refractivity contribution in [3.8, 4) is 6.07 Å². The normalized spacial score (nSPS) is 14.0. The smallest absolute Gasteiger partial charge is 0.261 e. The fraction of sp³-hybridized carbons (Fsp3) is 0.235. The zero-order valence-electron chi connectivity index (χ0n) is 12.0. The van der Waals surface area contributed by atoms with E-state index in [0.29, 0.717) is 11.3 Å². The van der Waals surface area contributed by atoms with E-state index in [2.05, 4.69) is 10.8 Å². The molecule has 0 amide bonds. The highest BCUT2D eigenvalue weighted by molar-refractivity contribution is 7.92. The number of nitrogens with zero attached hydrogens (tertiary/aromatic N) is 1. The summed E-state index contributed by atoms with van der Waals surface area (Å²) in [5.74, 6) is 0. The molecule has 0 fully saturated rings. The van der Waals surface area contributed by atoms with Crippen molar-refractivity contribution in [3.63, 3.8) is 0 Å². The van der Waals surface area contributed by atoms with Crippen LogP contribution in [0, 0.1) is 11.3 Å². The number of aryl methyl sites for hydroxylation is 1. The largest absolute Gasteiger partial charge is 0.279 e. The zero-order chi connectivity index (χ0) is 15.6. The number of nitrogens with one attached hydrogen (secondary N) is 1. The predicted octanol–water partition coefficient (Wildman–Crippen LogP) is 3.24. The van der Waals surface area contributed by atoms with Crippen molar-refractivity contribution in [2.24, 2.45) is 0 Å². The van der Waals surface area contributed by atoms with E-state index in [-0.39, 0.29) is 4.90 Å². The number of hydrogen-bond donors (Lipinski definition) is 1. The average molecular weight is 312 g/mol. The number of nitriles is 1. The molecule has 0 unspecified atom stereocenters. The molecule has 1 aliphatic rings. The average Bonchev–Trinajstić information content (AvgIpc) is 2.55. The van der Waals surface area contributed by atoms with Gasteiger partial charge in [0.25, 0.3) is 10.0 Å². The van der Waals surface area contributed by atoms with Crippen LogP contribution >= 0.6 is 0 Å². The van der Waals surface area contributed by atoms with Gasteiger partial charge in [0.2, 0.25) is 0 Å². The third kappa shape index (κ3) is 2.83. The Labute approximate surface area is 130 Å². The van der Waals surface area contributed by atoms with Crippen molar-refractivity contribution in [3.05, 3.63) is 59.2 Å². The van der Waals surface area contributed by atoms with Crippen LogP contribution in [0.15, 0.2) is 47.4 Å². The summed E-state index contributed by atoms with van der Waals surface area (Å²) in [6, 6.07) is 13.7. The van der Waals surface area contributed by atoms with Gasteiger partial charge in [0, 0.05) is 0 Å². The van der Waals surface area contributed by atoms with Gasteiger partial charge in [-0.05, 0) is 67.1 Å². The van der Waals surface area contributed by atoms with E-state index in [9.17, 15) is 8.42 Å².